The molecule has 5 atom stereocenters. The van der Waals surface area contributed by atoms with E-state index in [1.165, 1.54) is 5.56 Å². The summed E-state index contributed by atoms with van der Waals surface area (Å²) >= 11 is 7.08. The molecule has 6 nitrogen and oxygen atoms in total. The van der Waals surface area contributed by atoms with E-state index in [4.69, 9.17) is 40.0 Å². The van der Waals surface area contributed by atoms with Crippen LogP contribution >= 0.6 is 11.6 Å². The van der Waals surface area contributed by atoms with Crippen LogP contribution in [0.1, 0.15) is 63.1 Å². The highest BCUT2D eigenvalue weighted by Crippen LogP contribution is 2.41. The molecule has 0 amide bonds. The van der Waals surface area contributed by atoms with Crippen LogP contribution in [0.3, 0.4) is 0 Å². The predicted molar refractivity (Wildman–Crippen MR) is 239 cm³/mol. The molecule has 0 radical (unpaired) electrons. The molecular weight excluding hydrogens is 825 g/mol. The lowest BCUT2D eigenvalue weighted by atomic mass is 9.86. The normalized spacial score (nSPS) is 19.0. The molecule has 6 aromatic carbocycles. The van der Waals surface area contributed by atoms with Crippen LogP contribution in [0.25, 0.3) is 0 Å². The first-order chi connectivity index (χ1) is 30.7. The van der Waals surface area contributed by atoms with Gasteiger partial charge >= 0.3 is 6.18 Å². The van der Waals surface area contributed by atoms with E-state index in [0.717, 1.165) is 45.4 Å². The molecule has 0 saturated carbocycles. The molecule has 7 rings (SSSR count). The quantitative estimate of drug-likeness (QED) is 0.0672. The largest absolute Gasteiger partial charge is 0.411 e. The third-order valence-corrected chi connectivity index (χ3v) is 11.5. The van der Waals surface area contributed by atoms with Gasteiger partial charge in [-0.3, -0.25) is 0 Å². The molecule has 0 N–H and O–H groups in total. The number of benzene rings is 6. The SMILES string of the molecule is CCc1ccc(Cc2cc([C@@H]3O[C@H](COCc4ccccc4)[C@@H](OCc4ccccc4)[C@H](OCc4ccccc4)[C@H]3OCc3ccccc3)c(CCOCC(F)(F)F)cc2Cl)cc1. The minimum absolute atomic E-state index is 0.139. The van der Waals surface area contributed by atoms with Gasteiger partial charge in [0.05, 0.1) is 39.6 Å². The number of rotatable bonds is 21. The van der Waals surface area contributed by atoms with Gasteiger partial charge in [0.2, 0.25) is 0 Å². The summed E-state index contributed by atoms with van der Waals surface area (Å²) in [6, 6.07) is 51.9. The average Bonchev–Trinajstić information content (AvgIpc) is 3.30. The minimum atomic E-state index is -4.47. The Hall–Kier alpha value is -4.84. The highest BCUT2D eigenvalue weighted by atomic mass is 35.5. The first kappa shape index (κ1) is 46.2. The van der Waals surface area contributed by atoms with E-state index in [9.17, 15) is 13.2 Å². The Bertz CT molecular complexity index is 2250. The second-order valence-corrected chi connectivity index (χ2v) is 16.2. The van der Waals surface area contributed by atoms with Gasteiger partial charge in [0.1, 0.15) is 37.1 Å². The first-order valence-corrected chi connectivity index (χ1v) is 21.9. The van der Waals surface area contributed by atoms with E-state index in [1.807, 2.05) is 133 Å². The predicted octanol–water partition coefficient (Wildman–Crippen LogP) is 12.0. The molecule has 1 aliphatic heterocycles. The Morgan fingerprint density at radius 2 is 1.03 bits per heavy atom. The van der Waals surface area contributed by atoms with Gasteiger partial charge < -0.3 is 28.4 Å². The summed E-state index contributed by atoms with van der Waals surface area (Å²) < 4.78 is 79.6. The molecule has 0 aromatic heterocycles. The van der Waals surface area contributed by atoms with Gasteiger partial charge in [0.25, 0.3) is 0 Å². The van der Waals surface area contributed by atoms with Crippen molar-refractivity contribution in [2.75, 3.05) is 19.8 Å². The zero-order valence-corrected chi connectivity index (χ0v) is 36.2. The van der Waals surface area contributed by atoms with Crippen molar-refractivity contribution in [1.82, 2.24) is 0 Å². The second kappa shape index (κ2) is 23.2. The van der Waals surface area contributed by atoms with Crippen LogP contribution in [-0.4, -0.2) is 50.4 Å². The summed E-state index contributed by atoms with van der Waals surface area (Å²) in [4.78, 5) is 0. The molecule has 6 aromatic rings. The van der Waals surface area contributed by atoms with Gasteiger partial charge in [-0.1, -0.05) is 170 Å². The van der Waals surface area contributed by atoms with Crippen molar-refractivity contribution in [3.63, 3.8) is 0 Å². The van der Waals surface area contributed by atoms with Gasteiger partial charge in [-0.05, 0) is 75.4 Å². The van der Waals surface area contributed by atoms with Crippen molar-refractivity contribution in [2.24, 2.45) is 0 Å². The van der Waals surface area contributed by atoms with Gasteiger partial charge in [0.15, 0.2) is 0 Å². The van der Waals surface area contributed by atoms with Crippen molar-refractivity contribution in [2.45, 2.75) is 89.3 Å². The number of hydrogen-bond donors (Lipinski definition) is 0. The maximum atomic E-state index is 13.3. The summed E-state index contributed by atoms with van der Waals surface area (Å²) in [7, 11) is 0. The average molecular weight is 879 g/mol. The van der Waals surface area contributed by atoms with E-state index in [1.54, 1.807) is 0 Å². The number of aryl methyl sites for hydroxylation is 1. The molecule has 330 valence electrons. The van der Waals surface area contributed by atoms with Crippen LogP contribution in [0.4, 0.5) is 13.2 Å². The molecule has 0 spiro atoms. The van der Waals surface area contributed by atoms with E-state index in [2.05, 4.69) is 31.2 Å². The Kier molecular flexibility index (Phi) is 17.0. The molecule has 1 aliphatic rings. The van der Waals surface area contributed by atoms with Crippen LogP contribution in [0, 0.1) is 0 Å². The van der Waals surface area contributed by atoms with Crippen molar-refractivity contribution >= 4 is 11.6 Å². The van der Waals surface area contributed by atoms with Crippen molar-refractivity contribution < 1.29 is 41.6 Å². The van der Waals surface area contributed by atoms with Gasteiger partial charge in [-0.2, -0.15) is 13.2 Å². The fourth-order valence-electron chi connectivity index (χ4n) is 7.82. The smallest absolute Gasteiger partial charge is 0.374 e. The zero-order valence-electron chi connectivity index (χ0n) is 35.4. The summed E-state index contributed by atoms with van der Waals surface area (Å²) in [6.45, 7) is 1.80. The Labute approximate surface area is 373 Å². The Balaban J connectivity index is 1.32. The minimum Gasteiger partial charge on any atom is -0.374 e. The van der Waals surface area contributed by atoms with Gasteiger partial charge in [0, 0.05) is 5.02 Å². The third-order valence-electron chi connectivity index (χ3n) is 11.1. The number of halogens is 4. The Morgan fingerprint density at radius 3 is 1.56 bits per heavy atom. The summed E-state index contributed by atoms with van der Waals surface area (Å²) in [5.74, 6) is 0. The first-order valence-electron chi connectivity index (χ1n) is 21.5. The number of ether oxygens (including phenoxy) is 6. The molecule has 10 heteroatoms. The zero-order chi connectivity index (χ0) is 43.9. The summed E-state index contributed by atoms with van der Waals surface area (Å²) in [5, 5.41) is 0.491. The molecule has 63 heavy (non-hydrogen) atoms. The molecule has 1 saturated heterocycles. The van der Waals surface area contributed by atoms with Crippen LogP contribution in [0.5, 0.6) is 0 Å². The monoisotopic (exact) mass is 878 g/mol. The topological polar surface area (TPSA) is 55.4 Å². The molecule has 1 fully saturated rings. The van der Waals surface area contributed by atoms with Gasteiger partial charge in [-0.25, -0.2) is 0 Å². The van der Waals surface area contributed by atoms with E-state index in [0.29, 0.717) is 23.6 Å². The highest BCUT2D eigenvalue weighted by molar-refractivity contribution is 6.31. The number of alkyl halides is 3. The summed E-state index contributed by atoms with van der Waals surface area (Å²) in [6.07, 6.45) is -6.52. The lowest BCUT2D eigenvalue weighted by molar-refractivity contribution is -0.275. The maximum absolute atomic E-state index is 13.3. The van der Waals surface area contributed by atoms with Gasteiger partial charge in [-0.15, -0.1) is 0 Å². The Morgan fingerprint density at radius 1 is 0.540 bits per heavy atom. The van der Waals surface area contributed by atoms with Crippen LogP contribution in [-0.2, 0) is 74.1 Å². The standard InChI is InChI=1S/C53H54ClF3O6/c1-2-38-23-25-39(26-24-38)29-45-30-46(44(31-47(45)54)27-28-58-37-53(55,56)57)49-51(61-34-42-19-11-5-12-20-42)52(62-35-43-21-13-6-14-22-43)50(60-33-41-17-9-4-10-18-41)48(63-49)36-59-32-40-15-7-3-8-16-40/h3-26,30-31,48-52H,2,27-29,32-37H2,1H3/t48-,49+,50-,51+,52+/m1/s1. The van der Waals surface area contributed by atoms with Crippen molar-refractivity contribution in [3.05, 3.63) is 213 Å². The second-order valence-electron chi connectivity index (χ2n) is 15.8. The van der Waals surface area contributed by atoms with E-state index in [-0.39, 0.29) is 39.5 Å². The number of hydrogen-bond acceptors (Lipinski definition) is 6. The molecule has 0 unspecified atom stereocenters. The molecular formula is C53H54ClF3O6. The van der Waals surface area contributed by atoms with Crippen molar-refractivity contribution in [3.8, 4) is 0 Å². The van der Waals surface area contributed by atoms with Crippen molar-refractivity contribution in [1.29, 1.82) is 0 Å². The molecule has 0 bridgehead atoms. The third kappa shape index (κ3) is 13.8. The summed E-state index contributed by atoms with van der Waals surface area (Å²) in [5.41, 5.74) is 8.41. The fraction of sp³-hybridized carbons (Fsp3) is 0.321. The lowest BCUT2D eigenvalue weighted by Gasteiger charge is -2.47. The van der Waals surface area contributed by atoms with Crippen LogP contribution in [0.2, 0.25) is 5.02 Å². The highest BCUT2D eigenvalue weighted by Gasteiger charge is 2.49. The van der Waals surface area contributed by atoms with Crippen LogP contribution in [0.15, 0.2) is 158 Å². The van der Waals surface area contributed by atoms with E-state index < -0.39 is 43.3 Å². The maximum Gasteiger partial charge on any atom is 0.411 e. The molecule has 1 heterocycles. The fourth-order valence-corrected chi connectivity index (χ4v) is 8.07. The lowest BCUT2D eigenvalue weighted by Crippen LogP contribution is -2.58. The molecule has 0 aliphatic carbocycles. The van der Waals surface area contributed by atoms with E-state index >= 15 is 0 Å². The van der Waals surface area contributed by atoms with Crippen LogP contribution < -0.4 is 0 Å².